The lowest BCUT2D eigenvalue weighted by Gasteiger charge is -2.34. The van der Waals surface area contributed by atoms with Crippen molar-refractivity contribution in [3.63, 3.8) is 0 Å². The Balaban J connectivity index is 1.29. The van der Waals surface area contributed by atoms with E-state index in [-0.39, 0.29) is 5.91 Å². The molecule has 4 rings (SSSR count). The first kappa shape index (κ1) is 21.7. The van der Waals surface area contributed by atoms with Gasteiger partial charge in [-0.1, -0.05) is 30.3 Å². The number of carbonyl (C=O) groups is 1. The monoisotopic (exact) mass is 431 g/mol. The van der Waals surface area contributed by atoms with Gasteiger partial charge in [-0.05, 0) is 34.9 Å². The molecular formula is C24H29N7O. The lowest BCUT2D eigenvalue weighted by Crippen LogP contribution is -2.46. The lowest BCUT2D eigenvalue weighted by molar-refractivity contribution is 0.0951. The number of nitrogens with one attached hydrogen (secondary N) is 1. The zero-order valence-electron chi connectivity index (χ0n) is 18.1. The molecule has 0 aliphatic carbocycles. The minimum absolute atomic E-state index is 0.136. The number of hydrogen-bond donors (Lipinski definition) is 3. The second-order valence-electron chi connectivity index (χ2n) is 7.93. The summed E-state index contributed by atoms with van der Waals surface area (Å²) in [5.74, 6) is 0.639. The lowest BCUT2D eigenvalue weighted by atomic mass is 10.1. The number of aromatic nitrogens is 2. The number of anilines is 2. The van der Waals surface area contributed by atoms with Crippen molar-refractivity contribution in [1.29, 1.82) is 0 Å². The van der Waals surface area contributed by atoms with Crippen molar-refractivity contribution in [3.05, 3.63) is 83.2 Å². The maximum atomic E-state index is 12.6. The molecule has 0 saturated carbocycles. The predicted octanol–water partition coefficient (Wildman–Crippen LogP) is 1.77. The molecule has 0 radical (unpaired) electrons. The molecule has 3 aromatic rings. The molecule has 5 N–H and O–H groups in total. The van der Waals surface area contributed by atoms with Gasteiger partial charge in [0.25, 0.3) is 5.91 Å². The van der Waals surface area contributed by atoms with Crippen LogP contribution in [-0.2, 0) is 19.6 Å². The Labute approximate surface area is 188 Å². The standard InChI is InChI=1S/C24H29N7O/c25-15-18-2-4-19(5-3-18)16-29-23(32)20-6-7-21(22(26)14-20)17-30-10-12-31(13-11-30)24-27-8-1-9-28-24/h1-9,14H,10-13,15-17,25-26H2,(H,29,32). The van der Waals surface area contributed by atoms with Gasteiger partial charge < -0.3 is 21.7 Å². The SMILES string of the molecule is NCc1ccc(CNC(=O)c2ccc(CN3CCN(c4ncccn4)CC3)c(N)c2)cc1. The van der Waals surface area contributed by atoms with Crippen molar-refractivity contribution in [2.75, 3.05) is 36.8 Å². The summed E-state index contributed by atoms with van der Waals surface area (Å²) in [6.07, 6.45) is 3.54. The quantitative estimate of drug-likeness (QED) is 0.489. The fraction of sp³-hybridized carbons (Fsp3) is 0.292. The van der Waals surface area contributed by atoms with Crippen LogP contribution >= 0.6 is 0 Å². The second kappa shape index (κ2) is 10.2. The van der Waals surface area contributed by atoms with Gasteiger partial charge in [-0.15, -0.1) is 0 Å². The zero-order chi connectivity index (χ0) is 22.3. The molecule has 0 unspecified atom stereocenters. The second-order valence-corrected chi connectivity index (χ2v) is 7.93. The van der Waals surface area contributed by atoms with Gasteiger partial charge in [0.1, 0.15) is 0 Å². The van der Waals surface area contributed by atoms with Crippen LogP contribution in [0.2, 0.25) is 0 Å². The Hall–Kier alpha value is -3.49. The highest BCUT2D eigenvalue weighted by Crippen LogP contribution is 2.19. The van der Waals surface area contributed by atoms with Gasteiger partial charge in [0.15, 0.2) is 0 Å². The molecule has 1 aliphatic rings. The Kier molecular flexibility index (Phi) is 6.94. The Morgan fingerprint density at radius 3 is 2.31 bits per heavy atom. The molecule has 32 heavy (non-hydrogen) atoms. The molecule has 8 nitrogen and oxygen atoms in total. The molecule has 2 aromatic carbocycles. The topological polar surface area (TPSA) is 113 Å². The van der Waals surface area contributed by atoms with E-state index in [2.05, 4.69) is 25.1 Å². The highest BCUT2D eigenvalue weighted by molar-refractivity contribution is 5.95. The van der Waals surface area contributed by atoms with Crippen LogP contribution in [0, 0.1) is 0 Å². The van der Waals surface area contributed by atoms with Crippen molar-refractivity contribution < 1.29 is 4.79 Å². The normalized spacial score (nSPS) is 14.3. The van der Waals surface area contributed by atoms with E-state index in [1.807, 2.05) is 42.5 Å². The van der Waals surface area contributed by atoms with Crippen LogP contribution in [0.4, 0.5) is 11.6 Å². The van der Waals surface area contributed by atoms with Gasteiger partial charge >= 0.3 is 0 Å². The molecule has 0 bridgehead atoms. The number of carbonyl (C=O) groups excluding carboxylic acids is 1. The van der Waals surface area contributed by atoms with Crippen LogP contribution in [0.3, 0.4) is 0 Å². The Morgan fingerprint density at radius 1 is 0.969 bits per heavy atom. The van der Waals surface area contributed by atoms with E-state index in [9.17, 15) is 4.79 Å². The van der Waals surface area contributed by atoms with Crippen LogP contribution in [-0.4, -0.2) is 47.0 Å². The van der Waals surface area contributed by atoms with Crippen LogP contribution in [0.5, 0.6) is 0 Å². The number of hydrogen-bond acceptors (Lipinski definition) is 7. The summed E-state index contributed by atoms with van der Waals surface area (Å²) in [6.45, 7) is 5.28. The first-order valence-electron chi connectivity index (χ1n) is 10.8. The molecule has 1 aliphatic heterocycles. The van der Waals surface area contributed by atoms with Crippen molar-refractivity contribution in [2.45, 2.75) is 19.6 Å². The number of nitrogens with zero attached hydrogens (tertiary/aromatic N) is 4. The van der Waals surface area contributed by atoms with Crippen molar-refractivity contribution in [3.8, 4) is 0 Å². The first-order chi connectivity index (χ1) is 15.6. The third-order valence-corrected chi connectivity index (χ3v) is 5.72. The molecule has 1 saturated heterocycles. The molecular weight excluding hydrogens is 402 g/mol. The van der Waals surface area contributed by atoms with E-state index in [1.165, 1.54) is 0 Å². The van der Waals surface area contributed by atoms with Gasteiger partial charge in [-0.3, -0.25) is 9.69 Å². The summed E-state index contributed by atoms with van der Waals surface area (Å²) in [6, 6.07) is 15.3. The van der Waals surface area contributed by atoms with Gasteiger partial charge in [0.05, 0.1) is 0 Å². The molecule has 0 spiro atoms. The van der Waals surface area contributed by atoms with Gasteiger partial charge in [-0.25, -0.2) is 9.97 Å². The molecule has 2 heterocycles. The maximum absolute atomic E-state index is 12.6. The maximum Gasteiger partial charge on any atom is 0.251 e. The predicted molar refractivity (Wildman–Crippen MR) is 126 cm³/mol. The minimum Gasteiger partial charge on any atom is -0.398 e. The molecule has 1 fully saturated rings. The van der Waals surface area contributed by atoms with Crippen molar-refractivity contribution >= 4 is 17.5 Å². The number of amides is 1. The van der Waals surface area contributed by atoms with Crippen LogP contribution in [0.25, 0.3) is 0 Å². The molecule has 0 atom stereocenters. The average Bonchev–Trinajstić information content (AvgIpc) is 2.85. The van der Waals surface area contributed by atoms with Crippen LogP contribution in [0.15, 0.2) is 60.9 Å². The minimum atomic E-state index is -0.136. The molecule has 8 heteroatoms. The number of rotatable bonds is 7. The van der Waals surface area contributed by atoms with E-state index in [0.717, 1.165) is 55.4 Å². The third-order valence-electron chi connectivity index (χ3n) is 5.72. The van der Waals surface area contributed by atoms with E-state index < -0.39 is 0 Å². The number of benzene rings is 2. The molecule has 1 aromatic heterocycles. The fourth-order valence-electron chi connectivity index (χ4n) is 3.76. The van der Waals surface area contributed by atoms with Gasteiger partial charge in [0.2, 0.25) is 5.95 Å². The average molecular weight is 432 g/mol. The molecule has 1 amide bonds. The highest BCUT2D eigenvalue weighted by atomic mass is 16.1. The summed E-state index contributed by atoms with van der Waals surface area (Å²) in [4.78, 5) is 25.8. The smallest absolute Gasteiger partial charge is 0.251 e. The third kappa shape index (κ3) is 5.40. The first-order valence-corrected chi connectivity index (χ1v) is 10.8. The number of piperazine rings is 1. The van der Waals surface area contributed by atoms with E-state index in [1.54, 1.807) is 18.5 Å². The Bertz CT molecular complexity index is 1030. The van der Waals surface area contributed by atoms with Gasteiger partial charge in [-0.2, -0.15) is 0 Å². The summed E-state index contributed by atoms with van der Waals surface area (Å²) in [7, 11) is 0. The summed E-state index contributed by atoms with van der Waals surface area (Å²) >= 11 is 0. The zero-order valence-corrected chi connectivity index (χ0v) is 18.1. The highest BCUT2D eigenvalue weighted by Gasteiger charge is 2.19. The molecule has 166 valence electrons. The summed E-state index contributed by atoms with van der Waals surface area (Å²) < 4.78 is 0. The summed E-state index contributed by atoms with van der Waals surface area (Å²) in [5.41, 5.74) is 16.2. The van der Waals surface area contributed by atoms with E-state index >= 15 is 0 Å². The van der Waals surface area contributed by atoms with E-state index in [4.69, 9.17) is 11.5 Å². The summed E-state index contributed by atoms with van der Waals surface area (Å²) in [5, 5.41) is 2.95. The largest absolute Gasteiger partial charge is 0.398 e. The number of nitrogens with two attached hydrogens (primary N) is 2. The van der Waals surface area contributed by atoms with Crippen LogP contribution < -0.4 is 21.7 Å². The van der Waals surface area contributed by atoms with E-state index in [0.29, 0.717) is 24.3 Å². The van der Waals surface area contributed by atoms with Gasteiger partial charge in [0, 0.05) is 69.5 Å². The number of nitrogen functional groups attached to an aromatic ring is 1. The fourth-order valence-corrected chi connectivity index (χ4v) is 3.76. The van der Waals surface area contributed by atoms with Crippen molar-refractivity contribution in [2.24, 2.45) is 5.73 Å². The van der Waals surface area contributed by atoms with Crippen LogP contribution in [0.1, 0.15) is 27.0 Å². The van der Waals surface area contributed by atoms with Crippen molar-refractivity contribution in [1.82, 2.24) is 20.2 Å². The Morgan fingerprint density at radius 2 is 1.66 bits per heavy atom.